The summed E-state index contributed by atoms with van der Waals surface area (Å²) in [5, 5.41) is 6.88. The van der Waals surface area contributed by atoms with Crippen LogP contribution in [0.1, 0.15) is 26.3 Å². The Labute approximate surface area is 167 Å². The van der Waals surface area contributed by atoms with Crippen LogP contribution < -0.4 is 10.6 Å². The van der Waals surface area contributed by atoms with E-state index in [1.807, 2.05) is 45.0 Å². The van der Waals surface area contributed by atoms with Crippen molar-refractivity contribution in [1.29, 1.82) is 0 Å². The van der Waals surface area contributed by atoms with Gasteiger partial charge in [0.05, 0.1) is 24.5 Å². The minimum Gasteiger partial charge on any atom is -0.373 e. The average Bonchev–Trinajstić information content (AvgIpc) is 2.59. The number of guanidine groups is 1. The smallest absolute Gasteiger partial charge is 0.216 e. The molecule has 0 radical (unpaired) electrons. The van der Waals surface area contributed by atoms with Crippen LogP contribution in [0.3, 0.4) is 0 Å². The molecule has 1 heterocycles. The summed E-state index contributed by atoms with van der Waals surface area (Å²) in [6.07, 6.45) is -0.180. The summed E-state index contributed by atoms with van der Waals surface area (Å²) in [6.45, 7) is 7.97. The lowest BCUT2D eigenvalue weighted by atomic mass is 10.2. The maximum atomic E-state index is 12.6. The lowest BCUT2D eigenvalue weighted by Gasteiger charge is -2.34. The minimum absolute atomic E-state index is 0.00796. The summed E-state index contributed by atoms with van der Waals surface area (Å²) in [7, 11) is -3.34. The molecule has 7 nitrogen and oxygen atoms in total. The summed E-state index contributed by atoms with van der Waals surface area (Å²) in [4.78, 5) is 4.49. The van der Waals surface area contributed by atoms with Gasteiger partial charge in [0.15, 0.2) is 5.96 Å². The highest BCUT2D eigenvalue weighted by atomic mass is 35.5. The molecule has 1 aliphatic rings. The number of nitrogens with zero attached hydrogens (tertiary/aromatic N) is 2. The standard InChI is InChI=1S/C18H29ClN4O3S/c1-4-20-18(22-11-16-6-5-7-17(19)10-16)21-8-9-27(24,25)23-12-14(2)26-15(3)13-23/h5-7,10,14-15H,4,8-9,11-13H2,1-3H3,(H2,20,21,22). The zero-order valence-corrected chi connectivity index (χ0v) is 17.7. The zero-order valence-electron chi connectivity index (χ0n) is 16.1. The van der Waals surface area contributed by atoms with Gasteiger partial charge in [-0.3, -0.25) is 0 Å². The van der Waals surface area contributed by atoms with Crippen molar-refractivity contribution in [2.75, 3.05) is 31.9 Å². The Morgan fingerprint density at radius 1 is 1.30 bits per heavy atom. The van der Waals surface area contributed by atoms with Crippen molar-refractivity contribution >= 4 is 27.6 Å². The Kier molecular flexibility index (Phi) is 8.34. The van der Waals surface area contributed by atoms with Crippen molar-refractivity contribution in [1.82, 2.24) is 14.9 Å². The number of hydrogen-bond donors (Lipinski definition) is 2. The summed E-state index contributed by atoms with van der Waals surface area (Å²) >= 11 is 5.99. The first kappa shape index (κ1) is 21.9. The number of hydrogen-bond acceptors (Lipinski definition) is 4. The molecule has 9 heteroatoms. The van der Waals surface area contributed by atoms with E-state index in [4.69, 9.17) is 16.3 Å². The predicted molar refractivity (Wildman–Crippen MR) is 110 cm³/mol. The fraction of sp³-hybridized carbons (Fsp3) is 0.611. The maximum Gasteiger partial charge on any atom is 0.216 e. The van der Waals surface area contributed by atoms with E-state index < -0.39 is 10.0 Å². The van der Waals surface area contributed by atoms with Gasteiger partial charge in [-0.2, -0.15) is 4.31 Å². The highest BCUT2D eigenvalue weighted by molar-refractivity contribution is 7.89. The lowest BCUT2D eigenvalue weighted by Crippen LogP contribution is -2.50. The van der Waals surface area contributed by atoms with Crippen LogP contribution in [-0.2, 0) is 21.3 Å². The minimum atomic E-state index is -3.34. The van der Waals surface area contributed by atoms with Crippen LogP contribution in [0.4, 0.5) is 0 Å². The number of nitrogens with one attached hydrogen (secondary N) is 2. The Balaban J connectivity index is 1.90. The summed E-state index contributed by atoms with van der Waals surface area (Å²) in [5.74, 6) is 0.588. The van der Waals surface area contributed by atoms with Crippen LogP contribution in [0.5, 0.6) is 0 Å². The van der Waals surface area contributed by atoms with Crippen LogP contribution in [-0.4, -0.2) is 62.8 Å². The van der Waals surface area contributed by atoms with Crippen LogP contribution in [0.2, 0.25) is 5.02 Å². The van der Waals surface area contributed by atoms with Gasteiger partial charge in [0, 0.05) is 31.2 Å². The van der Waals surface area contributed by atoms with Crippen LogP contribution in [0.25, 0.3) is 0 Å². The molecule has 0 aromatic heterocycles. The molecular formula is C18H29ClN4O3S. The molecule has 2 N–H and O–H groups in total. The third kappa shape index (κ3) is 7.29. The van der Waals surface area contributed by atoms with Gasteiger partial charge in [-0.25, -0.2) is 13.4 Å². The lowest BCUT2D eigenvalue weighted by molar-refractivity contribution is -0.0440. The Hall–Kier alpha value is -1.35. The molecule has 27 heavy (non-hydrogen) atoms. The van der Waals surface area contributed by atoms with Crippen molar-refractivity contribution in [2.24, 2.45) is 4.99 Å². The van der Waals surface area contributed by atoms with E-state index in [9.17, 15) is 8.42 Å². The molecular weight excluding hydrogens is 388 g/mol. The van der Waals surface area contributed by atoms with Gasteiger partial charge in [-0.1, -0.05) is 23.7 Å². The number of morpholine rings is 1. The van der Waals surface area contributed by atoms with Gasteiger partial charge in [-0.15, -0.1) is 0 Å². The first-order chi connectivity index (χ1) is 12.8. The molecule has 1 aromatic carbocycles. The van der Waals surface area contributed by atoms with E-state index in [2.05, 4.69) is 15.6 Å². The monoisotopic (exact) mass is 416 g/mol. The molecule has 0 aliphatic carbocycles. The molecule has 2 unspecified atom stereocenters. The SMILES string of the molecule is CCNC(=NCc1cccc(Cl)c1)NCCS(=O)(=O)N1CC(C)OC(C)C1. The molecule has 1 aromatic rings. The molecule has 1 saturated heterocycles. The average molecular weight is 417 g/mol. The van der Waals surface area contributed by atoms with E-state index in [0.29, 0.717) is 37.2 Å². The number of sulfonamides is 1. The van der Waals surface area contributed by atoms with E-state index in [-0.39, 0.29) is 24.5 Å². The summed E-state index contributed by atoms with van der Waals surface area (Å²) in [6, 6.07) is 7.50. The fourth-order valence-corrected chi connectivity index (χ4v) is 4.64. The number of benzene rings is 1. The van der Waals surface area contributed by atoms with E-state index in [1.165, 1.54) is 4.31 Å². The van der Waals surface area contributed by atoms with Gasteiger partial charge in [-0.05, 0) is 38.5 Å². The number of aliphatic imine (C=N–C) groups is 1. The first-order valence-electron chi connectivity index (χ1n) is 9.20. The van der Waals surface area contributed by atoms with E-state index >= 15 is 0 Å². The second-order valence-corrected chi connectivity index (χ2v) is 9.17. The third-order valence-electron chi connectivity index (χ3n) is 4.08. The molecule has 0 saturated carbocycles. The summed E-state index contributed by atoms with van der Waals surface area (Å²) in [5.41, 5.74) is 0.989. The highest BCUT2D eigenvalue weighted by Gasteiger charge is 2.30. The molecule has 152 valence electrons. The highest BCUT2D eigenvalue weighted by Crippen LogP contribution is 2.14. The largest absolute Gasteiger partial charge is 0.373 e. The molecule has 1 aliphatic heterocycles. The summed E-state index contributed by atoms with van der Waals surface area (Å²) < 4.78 is 32.3. The van der Waals surface area contributed by atoms with Crippen LogP contribution >= 0.6 is 11.6 Å². The fourth-order valence-electron chi connectivity index (χ4n) is 2.93. The van der Waals surface area contributed by atoms with Crippen LogP contribution in [0, 0.1) is 0 Å². The van der Waals surface area contributed by atoms with E-state index in [0.717, 1.165) is 5.56 Å². The first-order valence-corrected chi connectivity index (χ1v) is 11.2. The topological polar surface area (TPSA) is 83.0 Å². The number of rotatable bonds is 7. The quantitative estimate of drug-likeness (QED) is 0.523. The Morgan fingerprint density at radius 3 is 2.63 bits per heavy atom. The molecule has 0 amide bonds. The van der Waals surface area contributed by atoms with Crippen molar-refractivity contribution in [2.45, 2.75) is 39.5 Å². The van der Waals surface area contributed by atoms with Crippen molar-refractivity contribution in [3.05, 3.63) is 34.9 Å². The predicted octanol–water partition coefficient (Wildman–Crippen LogP) is 1.83. The van der Waals surface area contributed by atoms with Gasteiger partial charge in [0.25, 0.3) is 0 Å². The van der Waals surface area contributed by atoms with Crippen molar-refractivity contribution < 1.29 is 13.2 Å². The molecule has 1 fully saturated rings. The molecule has 2 rings (SSSR count). The van der Waals surface area contributed by atoms with Gasteiger partial charge >= 0.3 is 0 Å². The maximum absolute atomic E-state index is 12.6. The third-order valence-corrected chi connectivity index (χ3v) is 6.13. The molecule has 0 spiro atoms. The molecule has 0 bridgehead atoms. The van der Waals surface area contributed by atoms with E-state index in [1.54, 1.807) is 0 Å². The van der Waals surface area contributed by atoms with Gasteiger partial charge in [0.1, 0.15) is 0 Å². The van der Waals surface area contributed by atoms with Crippen molar-refractivity contribution in [3.8, 4) is 0 Å². The van der Waals surface area contributed by atoms with Gasteiger partial charge < -0.3 is 15.4 Å². The van der Waals surface area contributed by atoms with Crippen molar-refractivity contribution in [3.63, 3.8) is 0 Å². The van der Waals surface area contributed by atoms with Crippen LogP contribution in [0.15, 0.2) is 29.3 Å². The number of halogens is 1. The van der Waals surface area contributed by atoms with Gasteiger partial charge in [0.2, 0.25) is 10.0 Å². The Morgan fingerprint density at radius 2 is 2.00 bits per heavy atom. The molecule has 2 atom stereocenters. The normalized spacial score (nSPS) is 21.9. The zero-order chi connectivity index (χ0) is 19.9. The second kappa shape index (κ2) is 10.3. The Bertz CT molecular complexity index is 732. The second-order valence-electron chi connectivity index (χ2n) is 6.64. The number of ether oxygens (including phenoxy) is 1.